The molecule has 0 aromatic heterocycles. The van der Waals surface area contributed by atoms with Crippen molar-refractivity contribution in [1.29, 1.82) is 0 Å². The normalized spacial score (nSPS) is 11.9. The standard InChI is InChI=1S/C24BF20.C11H17OS/c26-5-1(6(27)14(35)21(42)13(5)34)25(2-7(28)15(36)22(43)16(37)8(2)29,3-9(30)17(38)23(44)18(39)10(3)31)4-11(32)19(40)24(45)20(41)12(4)33;1-3-13(12,4-2)10-11-8-6-5-7-9-11/h;5-9H,3-4,10H2,1-2H3/q-1;+1. The summed E-state index contributed by atoms with van der Waals surface area (Å²) in [5, 5.41) is 0. The molecule has 58 heavy (non-hydrogen) atoms. The number of halogens is 20. The highest BCUT2D eigenvalue weighted by atomic mass is 32.2. The highest BCUT2D eigenvalue weighted by Crippen LogP contribution is 2.30. The van der Waals surface area contributed by atoms with E-state index in [4.69, 9.17) is 0 Å². The minimum absolute atomic E-state index is 0.737. The Hall–Kier alpha value is -5.09. The van der Waals surface area contributed by atoms with Crippen molar-refractivity contribution in [2.45, 2.75) is 19.6 Å². The van der Waals surface area contributed by atoms with E-state index in [-0.39, 0.29) is 0 Å². The summed E-state index contributed by atoms with van der Waals surface area (Å²) in [6, 6.07) is 10.1. The molecule has 5 aromatic carbocycles. The molecule has 0 fully saturated rings. The average molecular weight is 876 g/mol. The third kappa shape index (κ3) is 7.07. The van der Waals surface area contributed by atoms with Crippen LogP contribution in [0.15, 0.2) is 30.3 Å². The smallest absolute Gasteiger partial charge is 0.200 e. The number of hydrogen-bond acceptors (Lipinski definition) is 1. The SMILES string of the molecule is CC[S+](=O)(CC)Cc1ccccc1.Fc1c(F)c(F)c([B-](c2c(F)c(F)c(F)c(F)c2F)(c2c(F)c(F)c(F)c(F)c2F)c2c(F)c(F)c(F)c(F)c2F)c(F)c1F. The van der Waals surface area contributed by atoms with Crippen LogP contribution in [0.2, 0.25) is 0 Å². The van der Waals surface area contributed by atoms with Crippen LogP contribution >= 0.6 is 0 Å². The first-order valence-corrected chi connectivity index (χ1v) is 17.7. The molecule has 0 saturated heterocycles. The molecular formula is C35H17BF20OS. The van der Waals surface area contributed by atoms with Crippen molar-refractivity contribution in [2.24, 2.45) is 0 Å². The average Bonchev–Trinajstić information content (AvgIpc) is 3.21. The Labute approximate surface area is 313 Å². The van der Waals surface area contributed by atoms with E-state index in [1.165, 1.54) is 5.56 Å². The van der Waals surface area contributed by atoms with Gasteiger partial charge in [-0.2, -0.15) is 0 Å². The first kappa shape index (κ1) is 45.6. The minimum atomic E-state index is -7.22. The zero-order valence-electron chi connectivity index (χ0n) is 28.5. The van der Waals surface area contributed by atoms with Gasteiger partial charge in [0.15, 0.2) is 69.8 Å². The Morgan fingerprint density at radius 2 is 0.534 bits per heavy atom. The molecule has 1 nitrogen and oxygen atoms in total. The largest absolute Gasteiger partial charge is 0.207 e. The first-order valence-electron chi connectivity index (χ1n) is 15.6. The van der Waals surface area contributed by atoms with Gasteiger partial charge in [0.1, 0.15) is 69.9 Å². The number of benzene rings is 5. The van der Waals surface area contributed by atoms with Crippen LogP contribution in [-0.4, -0.2) is 17.7 Å². The van der Waals surface area contributed by atoms with Crippen LogP contribution in [-0.2, 0) is 19.9 Å². The molecule has 0 aliphatic heterocycles. The van der Waals surface area contributed by atoms with Crippen LogP contribution in [0, 0.1) is 116 Å². The van der Waals surface area contributed by atoms with Crippen molar-refractivity contribution in [3.63, 3.8) is 0 Å². The maximum absolute atomic E-state index is 15.4. The summed E-state index contributed by atoms with van der Waals surface area (Å²) in [7, 11) is -1.62. The molecule has 0 spiro atoms. The van der Waals surface area contributed by atoms with Gasteiger partial charge in [-0.25, -0.2) is 87.8 Å². The van der Waals surface area contributed by atoms with Gasteiger partial charge in [-0.3, -0.25) is 0 Å². The van der Waals surface area contributed by atoms with E-state index in [1.54, 1.807) is 0 Å². The van der Waals surface area contributed by atoms with E-state index in [0.717, 1.165) is 17.3 Å². The van der Waals surface area contributed by atoms with Crippen molar-refractivity contribution in [1.82, 2.24) is 0 Å². The van der Waals surface area contributed by atoms with Crippen LogP contribution in [0.4, 0.5) is 87.8 Å². The summed E-state index contributed by atoms with van der Waals surface area (Å²) in [5.41, 5.74) is -13.1. The maximum atomic E-state index is 15.4. The van der Waals surface area contributed by atoms with E-state index in [1.807, 2.05) is 44.2 Å². The van der Waals surface area contributed by atoms with E-state index < -0.39 is 154 Å². The lowest BCUT2D eigenvalue weighted by molar-refractivity contribution is 0.378. The fourth-order valence-corrected chi connectivity index (χ4v) is 7.78. The van der Waals surface area contributed by atoms with Crippen LogP contribution in [0.5, 0.6) is 0 Å². The third-order valence-electron chi connectivity index (χ3n) is 9.03. The van der Waals surface area contributed by atoms with Gasteiger partial charge in [-0.15, -0.1) is 26.1 Å². The third-order valence-corrected chi connectivity index (χ3v) is 12.0. The Kier molecular flexibility index (Phi) is 13.1. The maximum Gasteiger partial charge on any atom is 0.200 e. The van der Waals surface area contributed by atoms with Crippen molar-refractivity contribution in [3.8, 4) is 0 Å². The number of hydrogen-bond donors (Lipinski definition) is 0. The van der Waals surface area contributed by atoms with E-state index >= 15 is 35.1 Å². The van der Waals surface area contributed by atoms with Crippen LogP contribution in [0.3, 0.4) is 0 Å². The van der Waals surface area contributed by atoms with Crippen LogP contribution in [0.25, 0.3) is 0 Å². The first-order chi connectivity index (χ1) is 26.9. The minimum Gasteiger partial charge on any atom is -0.207 e. The molecule has 5 rings (SSSR count). The molecule has 0 aliphatic carbocycles. The lowest BCUT2D eigenvalue weighted by Gasteiger charge is -2.44. The molecule has 312 valence electrons. The Bertz CT molecular complexity index is 2100. The molecule has 0 bridgehead atoms. The zero-order valence-corrected chi connectivity index (χ0v) is 29.3. The summed E-state index contributed by atoms with van der Waals surface area (Å²) in [5.74, 6) is -69.1. The van der Waals surface area contributed by atoms with E-state index in [9.17, 15) is 56.9 Å². The molecule has 0 saturated carbocycles. The van der Waals surface area contributed by atoms with E-state index in [0.29, 0.717) is 0 Å². The second kappa shape index (κ2) is 16.6. The molecule has 0 aliphatic rings. The molecule has 0 amide bonds. The van der Waals surface area contributed by atoms with Gasteiger partial charge in [0.2, 0.25) is 0 Å². The zero-order chi connectivity index (χ0) is 44.1. The van der Waals surface area contributed by atoms with Gasteiger partial charge in [-0.1, -0.05) is 30.3 Å². The summed E-state index contributed by atoms with van der Waals surface area (Å²) in [4.78, 5) is 0. The Morgan fingerprint density at radius 3 is 0.724 bits per heavy atom. The summed E-state index contributed by atoms with van der Waals surface area (Å²) in [6.07, 6.45) is -7.22. The molecule has 0 atom stereocenters. The van der Waals surface area contributed by atoms with Gasteiger partial charge in [0.05, 0.1) is 9.93 Å². The quantitative estimate of drug-likeness (QED) is 0.0503. The molecule has 0 heterocycles. The fourth-order valence-electron chi connectivity index (χ4n) is 6.16. The summed E-state index contributed by atoms with van der Waals surface area (Å²) >= 11 is 0. The van der Waals surface area contributed by atoms with Gasteiger partial charge in [0.25, 0.3) is 0 Å². The molecular weight excluding hydrogens is 859 g/mol. The van der Waals surface area contributed by atoms with Crippen molar-refractivity contribution in [3.05, 3.63) is 152 Å². The van der Waals surface area contributed by atoms with Gasteiger partial charge in [0, 0.05) is 5.56 Å². The van der Waals surface area contributed by atoms with Crippen molar-refractivity contribution in [2.75, 3.05) is 11.5 Å². The van der Waals surface area contributed by atoms with Crippen LogP contribution in [0.1, 0.15) is 19.4 Å². The van der Waals surface area contributed by atoms with Gasteiger partial charge < -0.3 is 0 Å². The summed E-state index contributed by atoms with van der Waals surface area (Å²) in [6.45, 7) is 4.02. The molecule has 0 radical (unpaired) electrons. The highest BCUT2D eigenvalue weighted by molar-refractivity contribution is 8.02. The molecule has 23 heteroatoms. The van der Waals surface area contributed by atoms with Crippen LogP contribution < -0.4 is 21.9 Å². The summed E-state index contributed by atoms with van der Waals surface area (Å²) < 4.78 is 306. The lowest BCUT2D eigenvalue weighted by atomic mass is 9.12. The molecule has 0 unspecified atom stereocenters. The highest BCUT2D eigenvalue weighted by Gasteiger charge is 2.52. The van der Waals surface area contributed by atoms with Gasteiger partial charge in [-0.05, 0) is 13.8 Å². The number of rotatable bonds is 8. The van der Waals surface area contributed by atoms with Crippen molar-refractivity contribution < 1.29 is 92.0 Å². The monoisotopic (exact) mass is 876 g/mol. The predicted molar refractivity (Wildman–Crippen MR) is 168 cm³/mol. The second-order valence-electron chi connectivity index (χ2n) is 12.0. The fraction of sp³-hybridized carbons (Fsp3) is 0.143. The Morgan fingerprint density at radius 1 is 0.345 bits per heavy atom. The lowest BCUT2D eigenvalue weighted by Crippen LogP contribution is -2.81. The second-order valence-corrected chi connectivity index (χ2v) is 15.3. The van der Waals surface area contributed by atoms with Crippen molar-refractivity contribution >= 4 is 37.9 Å². The van der Waals surface area contributed by atoms with Gasteiger partial charge >= 0.3 is 0 Å². The molecule has 5 aromatic rings. The van der Waals surface area contributed by atoms with E-state index in [2.05, 4.69) is 0 Å². The Balaban J connectivity index is 0.000000486. The topological polar surface area (TPSA) is 17.1 Å². The molecule has 0 N–H and O–H groups in total. The predicted octanol–water partition coefficient (Wildman–Crippen LogP) is 8.57.